The molecule has 8 heteroatoms. The summed E-state index contributed by atoms with van der Waals surface area (Å²) in [5, 5.41) is 11.9. The second-order valence-electron chi connectivity index (χ2n) is 7.84. The molecule has 0 bridgehead atoms. The first-order valence-electron chi connectivity index (χ1n) is 11.0. The Hall–Kier alpha value is -3.06. The third kappa shape index (κ3) is 6.72. The molecule has 0 spiro atoms. The molecule has 0 unspecified atom stereocenters. The van der Waals surface area contributed by atoms with Crippen molar-refractivity contribution in [2.45, 2.75) is 45.1 Å². The highest BCUT2D eigenvalue weighted by Gasteiger charge is 2.19. The summed E-state index contributed by atoms with van der Waals surface area (Å²) in [5.41, 5.74) is 2.13. The number of nitrogens with one attached hydrogen (secondary N) is 4. The van der Waals surface area contributed by atoms with Crippen molar-refractivity contribution in [3.8, 4) is 0 Å². The molecule has 1 aliphatic carbocycles. The number of amides is 3. The van der Waals surface area contributed by atoms with E-state index in [2.05, 4.69) is 21.3 Å². The zero-order chi connectivity index (χ0) is 22.9. The van der Waals surface area contributed by atoms with Crippen molar-refractivity contribution in [3.63, 3.8) is 0 Å². The Morgan fingerprint density at radius 2 is 1.62 bits per heavy atom. The standard InChI is InChI=1S/C24H29ClN4O3/c1-2-26-23(31)16-8-10-17(11-9-16)27-15-22(30)28-19-12-13-21(25)20(14-19)24(32)29-18-6-4-3-5-7-18/h8-14,18,27H,2-7,15H2,1H3,(H,26,31)(H,28,30)(H,29,32). The molecule has 4 N–H and O–H groups in total. The Bertz CT molecular complexity index is 956. The summed E-state index contributed by atoms with van der Waals surface area (Å²) in [7, 11) is 0. The second-order valence-corrected chi connectivity index (χ2v) is 8.25. The van der Waals surface area contributed by atoms with E-state index in [1.54, 1.807) is 42.5 Å². The van der Waals surface area contributed by atoms with Crippen molar-refractivity contribution in [2.75, 3.05) is 23.7 Å². The van der Waals surface area contributed by atoms with Gasteiger partial charge in [-0.15, -0.1) is 0 Å². The van der Waals surface area contributed by atoms with E-state index in [0.29, 0.717) is 28.4 Å². The number of halogens is 1. The molecule has 0 aromatic heterocycles. The van der Waals surface area contributed by atoms with E-state index in [4.69, 9.17) is 11.6 Å². The summed E-state index contributed by atoms with van der Waals surface area (Å²) in [6.45, 7) is 2.46. The predicted molar refractivity (Wildman–Crippen MR) is 127 cm³/mol. The molecule has 2 aromatic carbocycles. The number of carbonyl (C=O) groups is 3. The monoisotopic (exact) mass is 456 g/mol. The van der Waals surface area contributed by atoms with Crippen molar-refractivity contribution in [1.29, 1.82) is 0 Å². The van der Waals surface area contributed by atoms with E-state index in [9.17, 15) is 14.4 Å². The number of carbonyl (C=O) groups excluding carboxylic acids is 3. The molecule has 0 saturated heterocycles. The first-order valence-corrected chi connectivity index (χ1v) is 11.4. The molecule has 170 valence electrons. The average Bonchev–Trinajstić information content (AvgIpc) is 2.80. The van der Waals surface area contributed by atoms with Crippen LogP contribution in [-0.4, -0.2) is 36.9 Å². The van der Waals surface area contributed by atoms with E-state index in [1.165, 1.54) is 6.42 Å². The van der Waals surface area contributed by atoms with Crippen molar-refractivity contribution in [3.05, 3.63) is 58.6 Å². The number of rotatable bonds is 8. The molecular formula is C24H29ClN4O3. The van der Waals surface area contributed by atoms with E-state index in [-0.39, 0.29) is 30.3 Å². The molecule has 7 nitrogen and oxygen atoms in total. The Labute approximate surface area is 193 Å². The van der Waals surface area contributed by atoms with Gasteiger partial charge in [-0.05, 0) is 62.2 Å². The van der Waals surface area contributed by atoms with Gasteiger partial charge >= 0.3 is 0 Å². The lowest BCUT2D eigenvalue weighted by atomic mass is 9.95. The average molecular weight is 457 g/mol. The first kappa shape index (κ1) is 23.6. The highest BCUT2D eigenvalue weighted by Crippen LogP contribution is 2.23. The molecule has 32 heavy (non-hydrogen) atoms. The second kappa shape index (κ2) is 11.5. The molecule has 1 fully saturated rings. The van der Waals surface area contributed by atoms with Crippen LogP contribution in [0.25, 0.3) is 0 Å². The molecule has 3 amide bonds. The van der Waals surface area contributed by atoms with Crippen molar-refractivity contribution in [1.82, 2.24) is 10.6 Å². The predicted octanol–water partition coefficient (Wildman–Crippen LogP) is 4.20. The normalized spacial score (nSPS) is 13.8. The Kier molecular flexibility index (Phi) is 8.50. The van der Waals surface area contributed by atoms with Crippen LogP contribution in [-0.2, 0) is 4.79 Å². The summed E-state index contributed by atoms with van der Waals surface area (Å²) in [5.74, 6) is -0.620. The fraction of sp³-hybridized carbons (Fsp3) is 0.375. The molecule has 0 radical (unpaired) electrons. The van der Waals surface area contributed by atoms with E-state index >= 15 is 0 Å². The van der Waals surface area contributed by atoms with Crippen LogP contribution in [0.2, 0.25) is 5.02 Å². The SMILES string of the molecule is CCNC(=O)c1ccc(NCC(=O)Nc2ccc(Cl)c(C(=O)NC3CCCCC3)c2)cc1. The van der Waals surface area contributed by atoms with Crippen LogP contribution >= 0.6 is 11.6 Å². The molecule has 1 saturated carbocycles. The summed E-state index contributed by atoms with van der Waals surface area (Å²) >= 11 is 6.23. The topological polar surface area (TPSA) is 99.3 Å². The highest BCUT2D eigenvalue weighted by atomic mass is 35.5. The number of hydrogen-bond donors (Lipinski definition) is 4. The maximum atomic E-state index is 12.6. The van der Waals surface area contributed by atoms with Crippen LogP contribution in [0.1, 0.15) is 59.7 Å². The fourth-order valence-corrected chi connectivity index (χ4v) is 3.88. The summed E-state index contributed by atoms with van der Waals surface area (Å²) in [6.07, 6.45) is 5.42. The summed E-state index contributed by atoms with van der Waals surface area (Å²) in [4.78, 5) is 36.8. The van der Waals surface area contributed by atoms with E-state index < -0.39 is 0 Å². The van der Waals surface area contributed by atoms with Crippen LogP contribution in [0.5, 0.6) is 0 Å². The van der Waals surface area contributed by atoms with Crippen molar-refractivity contribution >= 4 is 40.7 Å². The fourth-order valence-electron chi connectivity index (χ4n) is 3.68. The lowest BCUT2D eigenvalue weighted by Gasteiger charge is -2.23. The van der Waals surface area contributed by atoms with Gasteiger partial charge in [-0.25, -0.2) is 0 Å². The molecule has 0 atom stereocenters. The smallest absolute Gasteiger partial charge is 0.253 e. The highest BCUT2D eigenvalue weighted by molar-refractivity contribution is 6.34. The summed E-state index contributed by atoms with van der Waals surface area (Å²) in [6, 6.07) is 11.9. The molecule has 0 heterocycles. The van der Waals surface area contributed by atoms with Gasteiger partial charge in [0.05, 0.1) is 17.1 Å². The number of benzene rings is 2. The van der Waals surface area contributed by atoms with Gasteiger partial charge in [0.2, 0.25) is 5.91 Å². The third-order valence-corrected chi connectivity index (χ3v) is 5.70. The Balaban J connectivity index is 1.54. The Morgan fingerprint density at radius 1 is 0.938 bits per heavy atom. The third-order valence-electron chi connectivity index (χ3n) is 5.37. The molecular weight excluding hydrogens is 428 g/mol. The Morgan fingerprint density at radius 3 is 2.31 bits per heavy atom. The number of anilines is 2. The lowest BCUT2D eigenvalue weighted by Crippen LogP contribution is -2.36. The van der Waals surface area contributed by atoms with Crippen LogP contribution in [0.3, 0.4) is 0 Å². The zero-order valence-corrected chi connectivity index (χ0v) is 18.9. The molecule has 3 rings (SSSR count). The minimum absolute atomic E-state index is 0.0345. The lowest BCUT2D eigenvalue weighted by molar-refractivity contribution is -0.114. The van der Waals surface area contributed by atoms with Gasteiger partial charge in [0.1, 0.15) is 0 Å². The van der Waals surface area contributed by atoms with Gasteiger partial charge in [-0.1, -0.05) is 30.9 Å². The van der Waals surface area contributed by atoms with Crippen LogP contribution < -0.4 is 21.3 Å². The van der Waals surface area contributed by atoms with Gasteiger partial charge in [0.15, 0.2) is 0 Å². The van der Waals surface area contributed by atoms with Crippen molar-refractivity contribution in [2.24, 2.45) is 0 Å². The molecule has 1 aliphatic rings. The largest absolute Gasteiger partial charge is 0.376 e. The van der Waals surface area contributed by atoms with E-state index in [0.717, 1.165) is 31.4 Å². The maximum Gasteiger partial charge on any atom is 0.253 e. The minimum atomic E-state index is -0.265. The van der Waals surface area contributed by atoms with Gasteiger partial charge in [0.25, 0.3) is 11.8 Å². The molecule has 2 aromatic rings. The van der Waals surface area contributed by atoms with Crippen LogP contribution in [0, 0.1) is 0 Å². The number of hydrogen-bond acceptors (Lipinski definition) is 4. The first-order chi connectivity index (χ1) is 15.5. The van der Waals surface area contributed by atoms with Gasteiger partial charge in [0, 0.05) is 29.5 Å². The zero-order valence-electron chi connectivity index (χ0n) is 18.2. The van der Waals surface area contributed by atoms with Crippen molar-refractivity contribution < 1.29 is 14.4 Å². The van der Waals surface area contributed by atoms with E-state index in [1.807, 2.05) is 6.92 Å². The summed E-state index contributed by atoms with van der Waals surface area (Å²) < 4.78 is 0. The van der Waals surface area contributed by atoms with Gasteiger partial charge < -0.3 is 21.3 Å². The van der Waals surface area contributed by atoms with Gasteiger partial charge in [-0.3, -0.25) is 14.4 Å². The molecule has 0 aliphatic heterocycles. The van der Waals surface area contributed by atoms with Crippen LogP contribution in [0.15, 0.2) is 42.5 Å². The van der Waals surface area contributed by atoms with Gasteiger partial charge in [-0.2, -0.15) is 0 Å². The van der Waals surface area contributed by atoms with Crippen LogP contribution in [0.4, 0.5) is 11.4 Å². The quantitative estimate of drug-likeness (QED) is 0.478. The maximum absolute atomic E-state index is 12.6. The minimum Gasteiger partial charge on any atom is -0.376 e.